The molecule has 1 fully saturated rings. The number of carbonyl (C=O) groups is 1. The van der Waals surface area contributed by atoms with E-state index in [-0.39, 0.29) is 0 Å². The van der Waals surface area contributed by atoms with Gasteiger partial charge in [0, 0.05) is 5.92 Å². The van der Waals surface area contributed by atoms with Crippen LogP contribution in [0.1, 0.15) is 39.4 Å². The highest BCUT2D eigenvalue weighted by Crippen LogP contribution is 2.28. The Kier molecular flexibility index (Phi) is 3.71. The van der Waals surface area contributed by atoms with Gasteiger partial charge in [0.2, 0.25) is 5.82 Å². The molecule has 0 aliphatic heterocycles. The Morgan fingerprint density at radius 3 is 2.86 bits per heavy atom. The largest absolute Gasteiger partial charge is 0.444 e. The zero-order valence-electron chi connectivity index (χ0n) is 12.6. The second-order valence-electron chi connectivity index (χ2n) is 6.07. The number of thiazole rings is 1. The van der Waals surface area contributed by atoms with Crippen molar-refractivity contribution in [2.24, 2.45) is 5.92 Å². The smallest absolute Gasteiger partial charge is 0.413 e. The van der Waals surface area contributed by atoms with Gasteiger partial charge in [-0.15, -0.1) is 0 Å². The van der Waals surface area contributed by atoms with Crippen LogP contribution in [0.3, 0.4) is 0 Å². The monoisotopic (exact) mass is 316 g/mol. The summed E-state index contributed by atoms with van der Waals surface area (Å²) >= 11 is 1.27. The molecule has 22 heavy (non-hydrogen) atoms. The Balaban J connectivity index is 1.75. The summed E-state index contributed by atoms with van der Waals surface area (Å²) in [6.07, 6.45) is 3.42. The second-order valence-corrected chi connectivity index (χ2v) is 7.05. The first kappa shape index (κ1) is 14.7. The van der Waals surface area contributed by atoms with E-state index in [2.05, 4.69) is 32.1 Å². The van der Waals surface area contributed by atoms with Gasteiger partial charge in [0.05, 0.1) is 6.20 Å². The van der Waals surface area contributed by atoms with E-state index in [4.69, 9.17) is 4.74 Å². The van der Waals surface area contributed by atoms with Crippen LogP contribution in [0.25, 0.3) is 10.3 Å². The summed E-state index contributed by atoms with van der Waals surface area (Å²) in [6.45, 7) is 5.42. The number of amides is 1. The Morgan fingerprint density at radius 2 is 2.18 bits per heavy atom. The lowest BCUT2D eigenvalue weighted by molar-refractivity contribution is 0.0636. The van der Waals surface area contributed by atoms with E-state index in [0.29, 0.717) is 27.2 Å². The SMILES string of the molecule is CC(C)(C)OC(=O)Nc1nc2cnc(C#CC3CC3)nc2s1. The summed E-state index contributed by atoms with van der Waals surface area (Å²) in [6, 6.07) is 0. The predicted octanol–water partition coefficient (Wildman–Crippen LogP) is 3.19. The van der Waals surface area contributed by atoms with E-state index in [0.717, 1.165) is 0 Å². The van der Waals surface area contributed by atoms with Crippen LogP contribution in [-0.4, -0.2) is 26.6 Å². The maximum atomic E-state index is 11.7. The van der Waals surface area contributed by atoms with Crippen molar-refractivity contribution >= 4 is 32.9 Å². The lowest BCUT2D eigenvalue weighted by Crippen LogP contribution is -2.27. The van der Waals surface area contributed by atoms with Gasteiger partial charge in [-0.3, -0.25) is 5.32 Å². The summed E-state index contributed by atoms with van der Waals surface area (Å²) in [7, 11) is 0. The number of hydrogen-bond acceptors (Lipinski definition) is 6. The van der Waals surface area contributed by atoms with E-state index in [1.165, 1.54) is 24.2 Å². The van der Waals surface area contributed by atoms with Crippen LogP contribution in [0.5, 0.6) is 0 Å². The van der Waals surface area contributed by atoms with Crippen molar-refractivity contribution in [1.82, 2.24) is 15.0 Å². The molecular weight excluding hydrogens is 300 g/mol. The fraction of sp³-hybridized carbons (Fsp3) is 0.467. The molecule has 1 amide bonds. The maximum absolute atomic E-state index is 11.7. The van der Waals surface area contributed by atoms with Crippen LogP contribution in [-0.2, 0) is 4.74 Å². The molecule has 0 bridgehead atoms. The molecule has 1 N–H and O–H groups in total. The van der Waals surface area contributed by atoms with E-state index >= 15 is 0 Å². The van der Waals surface area contributed by atoms with Crippen LogP contribution in [0.15, 0.2) is 6.20 Å². The highest BCUT2D eigenvalue weighted by atomic mass is 32.1. The van der Waals surface area contributed by atoms with Crippen LogP contribution < -0.4 is 5.32 Å². The molecule has 2 aromatic rings. The van der Waals surface area contributed by atoms with E-state index in [9.17, 15) is 4.79 Å². The van der Waals surface area contributed by atoms with Crippen molar-refractivity contribution in [2.45, 2.75) is 39.2 Å². The molecule has 114 valence electrons. The Morgan fingerprint density at radius 1 is 1.41 bits per heavy atom. The van der Waals surface area contributed by atoms with Crippen LogP contribution in [0.2, 0.25) is 0 Å². The number of nitrogens with one attached hydrogen (secondary N) is 1. The standard InChI is InChI=1S/C15H16N4O2S/c1-15(2,3)21-14(20)19-13-17-10-8-16-11(18-12(10)22-13)7-6-9-4-5-9/h8-9H,4-5H2,1-3H3,(H,17,19,20). The van der Waals surface area contributed by atoms with Gasteiger partial charge in [-0.1, -0.05) is 17.3 Å². The second kappa shape index (κ2) is 5.54. The van der Waals surface area contributed by atoms with Gasteiger partial charge in [0.15, 0.2) is 5.13 Å². The minimum atomic E-state index is -0.549. The highest BCUT2D eigenvalue weighted by Gasteiger charge is 2.19. The lowest BCUT2D eigenvalue weighted by atomic mass is 10.2. The molecule has 0 unspecified atom stereocenters. The summed E-state index contributed by atoms with van der Waals surface area (Å²) in [5.41, 5.74) is 0.0830. The van der Waals surface area contributed by atoms with Gasteiger partial charge in [-0.25, -0.2) is 19.7 Å². The van der Waals surface area contributed by atoms with Gasteiger partial charge < -0.3 is 4.74 Å². The Bertz CT molecular complexity index is 778. The molecule has 7 heteroatoms. The molecule has 0 radical (unpaired) electrons. The normalized spacial score (nSPS) is 14.3. The van der Waals surface area contributed by atoms with Crippen molar-refractivity contribution < 1.29 is 9.53 Å². The van der Waals surface area contributed by atoms with Crippen LogP contribution >= 0.6 is 11.3 Å². The van der Waals surface area contributed by atoms with Crippen molar-refractivity contribution in [2.75, 3.05) is 5.32 Å². The first-order valence-electron chi connectivity index (χ1n) is 7.04. The molecule has 0 aromatic carbocycles. The lowest BCUT2D eigenvalue weighted by Gasteiger charge is -2.18. The van der Waals surface area contributed by atoms with Crippen molar-refractivity contribution in [1.29, 1.82) is 0 Å². The quantitative estimate of drug-likeness (QED) is 0.818. The Hall–Kier alpha value is -2.20. The van der Waals surface area contributed by atoms with Crippen molar-refractivity contribution in [3.63, 3.8) is 0 Å². The van der Waals surface area contributed by atoms with Crippen molar-refractivity contribution in [3.05, 3.63) is 12.0 Å². The molecule has 1 aliphatic carbocycles. The average Bonchev–Trinajstić information content (AvgIpc) is 3.13. The van der Waals surface area contributed by atoms with E-state index < -0.39 is 11.7 Å². The average molecular weight is 316 g/mol. The number of anilines is 1. The predicted molar refractivity (Wildman–Crippen MR) is 84.7 cm³/mol. The molecule has 0 saturated heterocycles. The fourth-order valence-electron chi connectivity index (χ4n) is 1.63. The fourth-order valence-corrected chi connectivity index (χ4v) is 2.43. The zero-order valence-corrected chi connectivity index (χ0v) is 13.5. The number of hydrogen-bond donors (Lipinski definition) is 1. The molecule has 0 atom stereocenters. The van der Waals surface area contributed by atoms with Crippen LogP contribution in [0, 0.1) is 17.8 Å². The van der Waals surface area contributed by atoms with Gasteiger partial charge in [-0.2, -0.15) is 0 Å². The number of carbonyl (C=O) groups excluding carboxylic acids is 1. The molecule has 0 spiro atoms. The molecule has 2 aromatic heterocycles. The summed E-state index contributed by atoms with van der Waals surface area (Å²) in [5, 5.41) is 3.05. The maximum Gasteiger partial charge on any atom is 0.413 e. The third-order valence-electron chi connectivity index (χ3n) is 2.72. The number of nitrogens with zero attached hydrogens (tertiary/aromatic N) is 3. The minimum absolute atomic E-state index is 0.436. The number of aromatic nitrogens is 3. The first-order chi connectivity index (χ1) is 10.4. The molecule has 1 aliphatic rings. The minimum Gasteiger partial charge on any atom is -0.444 e. The molecule has 1 saturated carbocycles. The van der Waals surface area contributed by atoms with Crippen LogP contribution in [0.4, 0.5) is 9.93 Å². The molecule has 6 nitrogen and oxygen atoms in total. The summed E-state index contributed by atoms with van der Waals surface area (Å²) in [5.74, 6) is 7.09. The van der Waals surface area contributed by atoms with Crippen molar-refractivity contribution in [3.8, 4) is 11.8 Å². The highest BCUT2D eigenvalue weighted by molar-refractivity contribution is 7.21. The van der Waals surface area contributed by atoms with E-state index in [1.54, 1.807) is 27.0 Å². The first-order valence-corrected chi connectivity index (χ1v) is 7.86. The van der Waals surface area contributed by atoms with E-state index in [1.807, 2.05) is 0 Å². The molecule has 3 rings (SSSR count). The topological polar surface area (TPSA) is 77.0 Å². The van der Waals surface area contributed by atoms with Gasteiger partial charge >= 0.3 is 6.09 Å². The van der Waals surface area contributed by atoms with Gasteiger partial charge in [0.1, 0.15) is 15.9 Å². The molecule has 2 heterocycles. The number of fused-ring (bicyclic) bond motifs is 1. The Labute approximate surface area is 132 Å². The number of rotatable bonds is 1. The zero-order chi connectivity index (χ0) is 15.7. The third kappa shape index (κ3) is 3.92. The third-order valence-corrected chi connectivity index (χ3v) is 3.60. The number of ether oxygens (including phenoxy) is 1. The summed E-state index contributed by atoms with van der Waals surface area (Å²) in [4.78, 5) is 25.2. The van der Waals surface area contributed by atoms with Gasteiger partial charge in [-0.05, 0) is 39.5 Å². The van der Waals surface area contributed by atoms with Gasteiger partial charge in [0.25, 0.3) is 0 Å². The molecular formula is C15H16N4O2S. The summed E-state index contributed by atoms with van der Waals surface area (Å²) < 4.78 is 5.19.